The molecular weight excluding hydrogens is 314 g/mol. The Morgan fingerprint density at radius 2 is 1.64 bits per heavy atom. The lowest BCUT2D eigenvalue weighted by atomic mass is 10.0. The number of carbonyl (C=O) groups is 1. The van der Waals surface area contributed by atoms with E-state index in [9.17, 15) is 4.79 Å². The predicted molar refractivity (Wildman–Crippen MR) is 100.0 cm³/mol. The topological polar surface area (TPSA) is 47.0 Å². The maximum absolute atomic E-state index is 10.9. The second-order valence-corrected chi connectivity index (χ2v) is 7.68. The van der Waals surface area contributed by atoms with Crippen molar-refractivity contribution in [2.24, 2.45) is 0 Å². The summed E-state index contributed by atoms with van der Waals surface area (Å²) in [7, 11) is 0. The molecule has 5 heteroatoms. The number of nitrogens with zero attached hydrogens (tertiary/aromatic N) is 3. The normalized spacial score (nSPS) is 21.7. The number of likely N-dealkylation sites (tertiary alicyclic amines) is 1. The Morgan fingerprint density at radius 1 is 1.04 bits per heavy atom. The zero-order chi connectivity index (χ0) is 17.8. The van der Waals surface area contributed by atoms with Crippen LogP contribution in [-0.4, -0.2) is 77.1 Å². The molecule has 25 heavy (non-hydrogen) atoms. The second-order valence-electron chi connectivity index (χ2n) is 7.68. The van der Waals surface area contributed by atoms with Gasteiger partial charge in [-0.3, -0.25) is 9.80 Å². The maximum Gasteiger partial charge on any atom is 0.335 e. The fourth-order valence-electron chi connectivity index (χ4n) is 4.06. The van der Waals surface area contributed by atoms with Gasteiger partial charge in [-0.05, 0) is 57.5 Å². The summed E-state index contributed by atoms with van der Waals surface area (Å²) in [6.45, 7) is 12.5. The van der Waals surface area contributed by atoms with Gasteiger partial charge < -0.3 is 10.0 Å². The van der Waals surface area contributed by atoms with Gasteiger partial charge in [-0.2, -0.15) is 0 Å². The highest BCUT2D eigenvalue weighted by Crippen LogP contribution is 2.20. The van der Waals surface area contributed by atoms with E-state index in [0.29, 0.717) is 11.6 Å². The van der Waals surface area contributed by atoms with E-state index in [1.807, 2.05) is 12.1 Å². The van der Waals surface area contributed by atoms with Crippen LogP contribution in [-0.2, 0) is 6.54 Å². The molecule has 0 spiro atoms. The van der Waals surface area contributed by atoms with E-state index in [1.54, 1.807) is 12.1 Å². The van der Waals surface area contributed by atoms with Crippen molar-refractivity contribution in [2.75, 3.05) is 39.3 Å². The van der Waals surface area contributed by atoms with Crippen LogP contribution in [0.5, 0.6) is 0 Å². The SMILES string of the molecule is CC(C)N1CCC(N2CCN(Cc3ccc(C(=O)O)cc3)CC2)CC1. The molecular formula is C20H31N3O2. The third kappa shape index (κ3) is 4.81. The van der Waals surface area contributed by atoms with Crippen molar-refractivity contribution in [1.82, 2.24) is 14.7 Å². The van der Waals surface area contributed by atoms with Crippen LogP contribution in [0, 0.1) is 0 Å². The fourth-order valence-corrected chi connectivity index (χ4v) is 4.06. The van der Waals surface area contributed by atoms with Crippen LogP contribution in [0.1, 0.15) is 42.6 Å². The molecule has 1 N–H and O–H groups in total. The van der Waals surface area contributed by atoms with Crippen molar-refractivity contribution < 1.29 is 9.90 Å². The summed E-state index contributed by atoms with van der Waals surface area (Å²) in [5.41, 5.74) is 1.56. The molecule has 138 valence electrons. The van der Waals surface area contributed by atoms with Crippen LogP contribution < -0.4 is 0 Å². The first-order valence-corrected chi connectivity index (χ1v) is 9.55. The monoisotopic (exact) mass is 345 g/mol. The molecule has 1 aromatic carbocycles. The second kappa shape index (κ2) is 8.30. The summed E-state index contributed by atoms with van der Waals surface area (Å²) >= 11 is 0. The van der Waals surface area contributed by atoms with E-state index < -0.39 is 5.97 Å². The zero-order valence-electron chi connectivity index (χ0n) is 15.5. The Bertz CT molecular complexity index is 557. The van der Waals surface area contributed by atoms with Crippen molar-refractivity contribution in [2.45, 2.75) is 45.3 Å². The number of hydrogen-bond donors (Lipinski definition) is 1. The van der Waals surface area contributed by atoms with Crippen LogP contribution in [0.25, 0.3) is 0 Å². The predicted octanol–water partition coefficient (Wildman–Crippen LogP) is 2.38. The Hall–Kier alpha value is -1.43. The molecule has 0 aromatic heterocycles. The van der Waals surface area contributed by atoms with Crippen LogP contribution in [0.15, 0.2) is 24.3 Å². The van der Waals surface area contributed by atoms with E-state index >= 15 is 0 Å². The molecule has 0 aliphatic carbocycles. The van der Waals surface area contributed by atoms with Gasteiger partial charge >= 0.3 is 5.97 Å². The number of carboxylic acids is 1. The fraction of sp³-hybridized carbons (Fsp3) is 0.650. The van der Waals surface area contributed by atoms with Crippen molar-refractivity contribution in [3.63, 3.8) is 0 Å². The highest BCUT2D eigenvalue weighted by Gasteiger charge is 2.28. The molecule has 2 saturated heterocycles. The highest BCUT2D eigenvalue weighted by molar-refractivity contribution is 5.87. The largest absolute Gasteiger partial charge is 0.478 e. The minimum absolute atomic E-state index is 0.362. The summed E-state index contributed by atoms with van der Waals surface area (Å²) in [6.07, 6.45) is 2.60. The third-order valence-corrected chi connectivity index (χ3v) is 5.76. The first-order valence-electron chi connectivity index (χ1n) is 9.55. The minimum Gasteiger partial charge on any atom is -0.478 e. The van der Waals surface area contributed by atoms with Crippen LogP contribution in [0.4, 0.5) is 0 Å². The molecule has 0 unspecified atom stereocenters. The van der Waals surface area contributed by atoms with E-state index in [0.717, 1.165) is 38.8 Å². The van der Waals surface area contributed by atoms with Gasteiger partial charge in [-0.15, -0.1) is 0 Å². The average Bonchev–Trinajstić information content (AvgIpc) is 2.63. The Kier molecular flexibility index (Phi) is 6.10. The van der Waals surface area contributed by atoms with Crippen molar-refractivity contribution in [3.05, 3.63) is 35.4 Å². The lowest BCUT2D eigenvalue weighted by Gasteiger charge is -2.43. The molecule has 0 saturated carbocycles. The van der Waals surface area contributed by atoms with E-state index in [2.05, 4.69) is 28.5 Å². The number of hydrogen-bond acceptors (Lipinski definition) is 4. The Balaban J connectivity index is 1.43. The van der Waals surface area contributed by atoms with Gasteiger partial charge in [0.25, 0.3) is 0 Å². The molecule has 2 aliphatic rings. The summed E-state index contributed by atoms with van der Waals surface area (Å²) < 4.78 is 0. The van der Waals surface area contributed by atoms with Gasteiger partial charge in [0, 0.05) is 44.8 Å². The summed E-state index contributed by atoms with van der Waals surface area (Å²) in [6, 6.07) is 8.72. The molecule has 1 aromatic rings. The number of piperazine rings is 1. The third-order valence-electron chi connectivity index (χ3n) is 5.76. The molecule has 5 nitrogen and oxygen atoms in total. The van der Waals surface area contributed by atoms with E-state index in [4.69, 9.17) is 5.11 Å². The van der Waals surface area contributed by atoms with Crippen molar-refractivity contribution in [3.8, 4) is 0 Å². The van der Waals surface area contributed by atoms with Gasteiger partial charge in [-0.1, -0.05) is 12.1 Å². The summed E-state index contributed by atoms with van der Waals surface area (Å²) in [4.78, 5) is 18.7. The Labute approximate surface area is 151 Å². The lowest BCUT2D eigenvalue weighted by Crippen LogP contribution is -2.53. The molecule has 0 amide bonds. The Morgan fingerprint density at radius 3 is 2.16 bits per heavy atom. The zero-order valence-corrected chi connectivity index (χ0v) is 15.5. The van der Waals surface area contributed by atoms with Crippen LogP contribution in [0.3, 0.4) is 0 Å². The number of piperidine rings is 1. The quantitative estimate of drug-likeness (QED) is 0.888. The molecule has 0 atom stereocenters. The van der Waals surface area contributed by atoms with E-state index in [-0.39, 0.29) is 0 Å². The first-order chi connectivity index (χ1) is 12.0. The first kappa shape index (κ1) is 18.4. The van der Waals surface area contributed by atoms with Gasteiger partial charge in [0.2, 0.25) is 0 Å². The minimum atomic E-state index is -0.858. The van der Waals surface area contributed by atoms with Gasteiger partial charge in [0.05, 0.1) is 5.56 Å². The van der Waals surface area contributed by atoms with E-state index in [1.165, 1.54) is 31.5 Å². The number of aromatic carboxylic acids is 1. The average molecular weight is 345 g/mol. The molecule has 0 radical (unpaired) electrons. The molecule has 2 heterocycles. The lowest BCUT2D eigenvalue weighted by molar-refractivity contribution is 0.0496. The smallest absolute Gasteiger partial charge is 0.335 e. The van der Waals surface area contributed by atoms with Crippen molar-refractivity contribution >= 4 is 5.97 Å². The van der Waals surface area contributed by atoms with Gasteiger partial charge in [0.1, 0.15) is 0 Å². The summed E-state index contributed by atoms with van der Waals surface area (Å²) in [5, 5.41) is 8.98. The molecule has 3 rings (SSSR count). The van der Waals surface area contributed by atoms with Crippen molar-refractivity contribution in [1.29, 1.82) is 0 Å². The maximum atomic E-state index is 10.9. The van der Waals surface area contributed by atoms with Crippen LogP contribution in [0.2, 0.25) is 0 Å². The standard InChI is InChI=1S/C20H31N3O2/c1-16(2)22-9-7-19(8-10-22)23-13-11-21(12-14-23)15-17-3-5-18(6-4-17)20(24)25/h3-6,16,19H,7-15H2,1-2H3,(H,24,25). The van der Waals surface area contributed by atoms with Gasteiger partial charge in [-0.25, -0.2) is 4.79 Å². The summed E-state index contributed by atoms with van der Waals surface area (Å²) in [5.74, 6) is -0.858. The highest BCUT2D eigenvalue weighted by atomic mass is 16.4. The van der Waals surface area contributed by atoms with Crippen LogP contribution >= 0.6 is 0 Å². The number of carboxylic acid groups (broad SMARTS) is 1. The number of benzene rings is 1. The molecule has 2 aliphatic heterocycles. The number of rotatable bonds is 5. The molecule has 0 bridgehead atoms. The molecule has 2 fully saturated rings. The van der Waals surface area contributed by atoms with Gasteiger partial charge in [0.15, 0.2) is 0 Å².